The van der Waals surface area contributed by atoms with E-state index in [4.69, 9.17) is 0 Å². The Balaban J connectivity index is 1.82. The van der Waals surface area contributed by atoms with Gasteiger partial charge in [-0.1, -0.05) is 60.7 Å². The number of carbonyl (C=O) groups is 1. The van der Waals surface area contributed by atoms with Crippen LogP contribution in [0.3, 0.4) is 0 Å². The van der Waals surface area contributed by atoms with Crippen molar-refractivity contribution in [2.75, 3.05) is 4.90 Å². The minimum Gasteiger partial charge on any atom is -0.372 e. The van der Waals surface area contributed by atoms with Crippen molar-refractivity contribution < 1.29 is 14.3 Å². The average molecular weight is 333 g/mol. The summed E-state index contributed by atoms with van der Waals surface area (Å²) >= 11 is 0. The van der Waals surface area contributed by atoms with Gasteiger partial charge < -0.3 is 10.0 Å². The first kappa shape index (κ1) is 15.5. The minimum atomic E-state index is -1.81. The van der Waals surface area contributed by atoms with Crippen LogP contribution in [0.4, 0.5) is 10.1 Å². The number of amides is 1. The summed E-state index contributed by atoms with van der Waals surface area (Å²) in [4.78, 5) is 14.7. The van der Waals surface area contributed by atoms with Gasteiger partial charge in [-0.15, -0.1) is 0 Å². The lowest BCUT2D eigenvalue weighted by Crippen LogP contribution is -2.40. The molecule has 1 heterocycles. The molecule has 3 aromatic carbocycles. The number of nitrogens with zero attached hydrogens (tertiary/aromatic N) is 1. The molecular formula is C21H16FNO2. The van der Waals surface area contributed by atoms with Crippen molar-refractivity contribution in [2.24, 2.45) is 0 Å². The van der Waals surface area contributed by atoms with E-state index in [9.17, 15) is 14.3 Å². The molecule has 1 N–H and O–H groups in total. The number of para-hydroxylation sites is 1. The molecule has 0 aromatic heterocycles. The fraction of sp³-hybridized carbons (Fsp3) is 0.0952. The molecular weight excluding hydrogens is 317 g/mol. The van der Waals surface area contributed by atoms with E-state index >= 15 is 0 Å². The molecule has 3 nitrogen and oxygen atoms in total. The van der Waals surface area contributed by atoms with Crippen LogP contribution in [0.15, 0.2) is 78.9 Å². The van der Waals surface area contributed by atoms with E-state index in [0.717, 1.165) is 5.56 Å². The smallest absolute Gasteiger partial charge is 0.268 e. The van der Waals surface area contributed by atoms with Gasteiger partial charge in [0.05, 0.1) is 12.2 Å². The lowest BCUT2D eigenvalue weighted by molar-refractivity contribution is -0.132. The van der Waals surface area contributed by atoms with Gasteiger partial charge in [-0.3, -0.25) is 4.79 Å². The van der Waals surface area contributed by atoms with E-state index in [1.807, 2.05) is 42.5 Å². The highest BCUT2D eigenvalue weighted by molar-refractivity contribution is 6.09. The Kier molecular flexibility index (Phi) is 3.62. The number of benzene rings is 3. The third-order valence-electron chi connectivity index (χ3n) is 4.58. The van der Waals surface area contributed by atoms with Crippen LogP contribution in [0.5, 0.6) is 0 Å². The second-order valence-corrected chi connectivity index (χ2v) is 6.11. The van der Waals surface area contributed by atoms with Crippen LogP contribution in [-0.2, 0) is 16.9 Å². The van der Waals surface area contributed by atoms with Crippen LogP contribution >= 0.6 is 0 Å². The van der Waals surface area contributed by atoms with Crippen LogP contribution in [0.2, 0.25) is 0 Å². The Bertz CT molecular complexity index is 924. The Morgan fingerprint density at radius 2 is 1.52 bits per heavy atom. The summed E-state index contributed by atoms with van der Waals surface area (Å²) < 4.78 is 13.3. The van der Waals surface area contributed by atoms with Crippen LogP contribution in [0.25, 0.3) is 0 Å². The Morgan fingerprint density at radius 1 is 0.880 bits per heavy atom. The Morgan fingerprint density at radius 3 is 2.24 bits per heavy atom. The molecule has 1 atom stereocenters. The van der Waals surface area contributed by atoms with Crippen LogP contribution < -0.4 is 4.90 Å². The lowest BCUT2D eigenvalue weighted by atomic mass is 9.87. The molecule has 1 unspecified atom stereocenters. The number of rotatable bonds is 3. The zero-order chi connectivity index (χ0) is 17.4. The molecule has 0 bridgehead atoms. The number of anilines is 1. The molecule has 25 heavy (non-hydrogen) atoms. The molecule has 0 fully saturated rings. The topological polar surface area (TPSA) is 40.5 Å². The predicted octanol–water partition coefficient (Wildman–Crippen LogP) is 3.61. The van der Waals surface area contributed by atoms with Gasteiger partial charge in [-0.05, 0) is 29.3 Å². The zero-order valence-corrected chi connectivity index (χ0v) is 13.4. The largest absolute Gasteiger partial charge is 0.372 e. The monoisotopic (exact) mass is 333 g/mol. The molecule has 3 aromatic rings. The van der Waals surface area contributed by atoms with E-state index in [2.05, 4.69) is 0 Å². The summed E-state index contributed by atoms with van der Waals surface area (Å²) in [7, 11) is 0. The second-order valence-electron chi connectivity index (χ2n) is 6.11. The SMILES string of the molecule is O=C1N(Cc2ccccc2)c2ccccc2C1(O)c1ccc(F)cc1. The third-order valence-corrected chi connectivity index (χ3v) is 4.58. The van der Waals surface area contributed by atoms with Gasteiger partial charge in [0, 0.05) is 5.56 Å². The highest BCUT2D eigenvalue weighted by Crippen LogP contribution is 2.44. The standard InChI is InChI=1S/C21H16FNO2/c22-17-12-10-16(11-13-17)21(25)18-8-4-5-9-19(18)23(20(21)24)14-15-6-2-1-3-7-15/h1-13,25H,14H2. The first-order chi connectivity index (χ1) is 12.1. The van der Waals surface area contributed by atoms with E-state index in [0.29, 0.717) is 23.4 Å². The fourth-order valence-corrected chi connectivity index (χ4v) is 3.33. The molecule has 0 radical (unpaired) electrons. The van der Waals surface area contributed by atoms with Gasteiger partial charge in [0.2, 0.25) is 0 Å². The first-order valence-electron chi connectivity index (χ1n) is 8.04. The molecule has 1 amide bonds. The Hall–Kier alpha value is -2.98. The summed E-state index contributed by atoms with van der Waals surface area (Å²) in [5.74, 6) is -0.837. The van der Waals surface area contributed by atoms with Crippen molar-refractivity contribution in [1.29, 1.82) is 0 Å². The van der Waals surface area contributed by atoms with E-state index < -0.39 is 17.3 Å². The van der Waals surface area contributed by atoms with Crippen LogP contribution in [0, 0.1) is 5.82 Å². The number of carbonyl (C=O) groups excluding carboxylic acids is 1. The molecule has 0 saturated carbocycles. The van der Waals surface area contributed by atoms with Gasteiger partial charge in [0.15, 0.2) is 5.60 Å². The summed E-state index contributed by atoms with van der Waals surface area (Å²) in [6, 6.07) is 22.2. The number of hydrogen-bond donors (Lipinski definition) is 1. The Labute approximate surface area is 145 Å². The molecule has 0 aliphatic carbocycles. The van der Waals surface area contributed by atoms with E-state index in [1.165, 1.54) is 24.3 Å². The van der Waals surface area contributed by atoms with E-state index in [-0.39, 0.29) is 0 Å². The van der Waals surface area contributed by atoms with Crippen LogP contribution in [0.1, 0.15) is 16.7 Å². The number of fused-ring (bicyclic) bond motifs is 1. The molecule has 1 aliphatic heterocycles. The summed E-state index contributed by atoms with van der Waals surface area (Å²) in [6.07, 6.45) is 0. The molecule has 124 valence electrons. The van der Waals surface area contributed by atoms with Crippen molar-refractivity contribution in [3.8, 4) is 0 Å². The maximum Gasteiger partial charge on any atom is 0.268 e. The van der Waals surface area contributed by atoms with Crippen molar-refractivity contribution in [3.63, 3.8) is 0 Å². The van der Waals surface area contributed by atoms with E-state index in [1.54, 1.807) is 17.0 Å². The van der Waals surface area contributed by atoms with Gasteiger partial charge in [-0.2, -0.15) is 0 Å². The summed E-state index contributed by atoms with van der Waals surface area (Å²) in [5, 5.41) is 11.3. The summed E-state index contributed by atoms with van der Waals surface area (Å²) in [5.41, 5.74) is 0.709. The molecule has 0 saturated heterocycles. The third kappa shape index (κ3) is 2.42. The predicted molar refractivity (Wildman–Crippen MR) is 93.5 cm³/mol. The maximum absolute atomic E-state index is 13.3. The molecule has 1 aliphatic rings. The number of hydrogen-bond acceptors (Lipinski definition) is 2. The van der Waals surface area contributed by atoms with Crippen molar-refractivity contribution in [3.05, 3.63) is 101 Å². The average Bonchev–Trinajstić information content (AvgIpc) is 2.86. The van der Waals surface area contributed by atoms with Crippen molar-refractivity contribution in [1.82, 2.24) is 0 Å². The molecule has 4 heteroatoms. The van der Waals surface area contributed by atoms with Gasteiger partial charge in [0.25, 0.3) is 5.91 Å². The van der Waals surface area contributed by atoms with Gasteiger partial charge in [-0.25, -0.2) is 4.39 Å². The highest BCUT2D eigenvalue weighted by atomic mass is 19.1. The highest BCUT2D eigenvalue weighted by Gasteiger charge is 2.50. The number of aliphatic hydroxyl groups is 1. The second kappa shape index (κ2) is 5.83. The van der Waals surface area contributed by atoms with Crippen molar-refractivity contribution >= 4 is 11.6 Å². The van der Waals surface area contributed by atoms with Crippen LogP contribution in [-0.4, -0.2) is 11.0 Å². The maximum atomic E-state index is 13.3. The minimum absolute atomic E-state index is 0.361. The molecule has 0 spiro atoms. The fourth-order valence-electron chi connectivity index (χ4n) is 3.33. The number of halogens is 1. The van der Waals surface area contributed by atoms with Gasteiger partial charge >= 0.3 is 0 Å². The lowest BCUT2D eigenvalue weighted by Gasteiger charge is -2.24. The summed E-state index contributed by atoms with van der Waals surface area (Å²) in [6.45, 7) is 0.361. The van der Waals surface area contributed by atoms with Crippen molar-refractivity contribution in [2.45, 2.75) is 12.1 Å². The molecule has 4 rings (SSSR count). The normalized spacial score (nSPS) is 19.1. The zero-order valence-electron chi connectivity index (χ0n) is 13.4. The quantitative estimate of drug-likeness (QED) is 0.795. The van der Waals surface area contributed by atoms with Gasteiger partial charge in [0.1, 0.15) is 5.82 Å². The first-order valence-corrected chi connectivity index (χ1v) is 8.04.